The van der Waals surface area contributed by atoms with Gasteiger partial charge in [0.2, 0.25) is 0 Å². The summed E-state index contributed by atoms with van der Waals surface area (Å²) >= 11 is 3.66. The molecule has 0 aliphatic carbocycles. The van der Waals surface area contributed by atoms with Crippen molar-refractivity contribution in [3.05, 3.63) is 0 Å². The summed E-state index contributed by atoms with van der Waals surface area (Å²) in [6.45, 7) is 4.22. The van der Waals surface area contributed by atoms with Crippen molar-refractivity contribution < 1.29 is 4.74 Å². The van der Waals surface area contributed by atoms with E-state index < -0.39 is 0 Å². The molecule has 0 saturated carbocycles. The molecule has 2 heteroatoms. The topological polar surface area (TPSA) is 9.23 Å². The molecule has 0 amide bonds. The number of alkyl halides is 1. The van der Waals surface area contributed by atoms with Crippen LogP contribution in [0, 0.1) is 5.41 Å². The molecular formula is C12H23BrO. The van der Waals surface area contributed by atoms with E-state index >= 15 is 0 Å². The Balaban J connectivity index is 2.22. The van der Waals surface area contributed by atoms with Crippen LogP contribution in [0.15, 0.2) is 0 Å². The highest BCUT2D eigenvalue weighted by Crippen LogP contribution is 2.35. The lowest BCUT2D eigenvalue weighted by atomic mass is 9.80. The van der Waals surface area contributed by atoms with Gasteiger partial charge in [-0.1, -0.05) is 48.5 Å². The smallest absolute Gasteiger partial charge is 0.0530 e. The number of unbranched alkanes of at least 4 members (excludes halogenated alkanes) is 3. The van der Waals surface area contributed by atoms with Gasteiger partial charge in [-0.3, -0.25) is 0 Å². The zero-order chi connectivity index (χ0) is 10.3. The van der Waals surface area contributed by atoms with Gasteiger partial charge in [-0.15, -0.1) is 0 Å². The van der Waals surface area contributed by atoms with Crippen molar-refractivity contribution >= 4 is 15.9 Å². The van der Waals surface area contributed by atoms with Crippen LogP contribution in [0.4, 0.5) is 0 Å². The minimum absolute atomic E-state index is 0.464. The Morgan fingerprint density at radius 3 is 2.71 bits per heavy atom. The van der Waals surface area contributed by atoms with Crippen molar-refractivity contribution in [3.63, 3.8) is 0 Å². The third-order valence-electron chi connectivity index (χ3n) is 3.25. The average molecular weight is 263 g/mol. The Kier molecular flexibility index (Phi) is 6.11. The summed E-state index contributed by atoms with van der Waals surface area (Å²) in [4.78, 5) is 0. The molecule has 1 nitrogen and oxygen atoms in total. The number of hydrogen-bond acceptors (Lipinski definition) is 1. The second-order valence-corrected chi connectivity index (χ2v) is 5.16. The SMILES string of the molecule is CCCCCCC1(CBr)CCCOC1. The van der Waals surface area contributed by atoms with E-state index in [2.05, 4.69) is 22.9 Å². The number of rotatable bonds is 6. The lowest BCUT2D eigenvalue weighted by Gasteiger charge is -2.35. The van der Waals surface area contributed by atoms with Gasteiger partial charge in [0.1, 0.15) is 0 Å². The molecule has 1 fully saturated rings. The van der Waals surface area contributed by atoms with Crippen LogP contribution in [0.1, 0.15) is 51.9 Å². The Bertz CT molecular complexity index is 141. The molecule has 0 radical (unpaired) electrons. The van der Waals surface area contributed by atoms with Crippen molar-refractivity contribution in [2.45, 2.75) is 51.9 Å². The fourth-order valence-corrected chi connectivity index (χ4v) is 2.93. The number of hydrogen-bond donors (Lipinski definition) is 0. The largest absolute Gasteiger partial charge is 0.381 e. The fourth-order valence-electron chi connectivity index (χ4n) is 2.21. The first-order chi connectivity index (χ1) is 6.83. The normalized spacial score (nSPS) is 27.9. The van der Waals surface area contributed by atoms with Gasteiger partial charge >= 0.3 is 0 Å². The Hall–Kier alpha value is 0.440. The molecule has 0 aromatic rings. The molecule has 1 saturated heterocycles. The van der Waals surface area contributed by atoms with Crippen LogP contribution in [-0.4, -0.2) is 18.5 Å². The predicted octanol–water partition coefficient (Wildman–Crippen LogP) is 4.15. The number of ether oxygens (including phenoxy) is 1. The summed E-state index contributed by atoms with van der Waals surface area (Å²) in [5, 5.41) is 1.12. The highest BCUT2D eigenvalue weighted by Gasteiger charge is 2.30. The van der Waals surface area contributed by atoms with Gasteiger partial charge in [0.05, 0.1) is 6.61 Å². The Morgan fingerprint density at radius 2 is 2.14 bits per heavy atom. The van der Waals surface area contributed by atoms with E-state index in [-0.39, 0.29) is 0 Å². The highest BCUT2D eigenvalue weighted by atomic mass is 79.9. The van der Waals surface area contributed by atoms with Gasteiger partial charge in [-0.05, 0) is 19.3 Å². The molecule has 14 heavy (non-hydrogen) atoms. The zero-order valence-electron chi connectivity index (χ0n) is 9.36. The van der Waals surface area contributed by atoms with Crippen LogP contribution in [0.2, 0.25) is 0 Å². The van der Waals surface area contributed by atoms with Gasteiger partial charge in [0, 0.05) is 17.4 Å². The van der Waals surface area contributed by atoms with Crippen molar-refractivity contribution in [2.75, 3.05) is 18.5 Å². The maximum atomic E-state index is 5.60. The van der Waals surface area contributed by atoms with Crippen LogP contribution in [0.3, 0.4) is 0 Å². The van der Waals surface area contributed by atoms with Gasteiger partial charge < -0.3 is 4.74 Å². The van der Waals surface area contributed by atoms with E-state index in [4.69, 9.17) is 4.74 Å². The van der Waals surface area contributed by atoms with Gasteiger partial charge in [-0.2, -0.15) is 0 Å². The lowest BCUT2D eigenvalue weighted by Crippen LogP contribution is -2.33. The molecule has 0 spiro atoms. The van der Waals surface area contributed by atoms with E-state index in [9.17, 15) is 0 Å². The van der Waals surface area contributed by atoms with Crippen LogP contribution in [-0.2, 0) is 4.74 Å². The minimum Gasteiger partial charge on any atom is -0.381 e. The second-order valence-electron chi connectivity index (χ2n) is 4.60. The first kappa shape index (κ1) is 12.5. The molecule has 1 aliphatic heterocycles. The summed E-state index contributed by atoms with van der Waals surface area (Å²) in [5.74, 6) is 0. The van der Waals surface area contributed by atoms with Crippen molar-refractivity contribution in [2.24, 2.45) is 5.41 Å². The minimum atomic E-state index is 0.464. The van der Waals surface area contributed by atoms with Crippen LogP contribution < -0.4 is 0 Å². The molecule has 1 atom stereocenters. The Labute approximate surface area is 96.7 Å². The molecule has 1 heterocycles. The first-order valence-corrected chi connectivity index (χ1v) is 7.09. The molecule has 0 aromatic heterocycles. The van der Waals surface area contributed by atoms with Crippen LogP contribution >= 0.6 is 15.9 Å². The second kappa shape index (κ2) is 6.84. The molecule has 0 N–H and O–H groups in total. The molecule has 0 aromatic carbocycles. The fraction of sp³-hybridized carbons (Fsp3) is 1.00. The number of halogens is 1. The van der Waals surface area contributed by atoms with Crippen LogP contribution in [0.25, 0.3) is 0 Å². The summed E-state index contributed by atoms with van der Waals surface area (Å²) in [6.07, 6.45) is 9.44. The molecule has 1 rings (SSSR count). The first-order valence-electron chi connectivity index (χ1n) is 5.97. The van der Waals surface area contributed by atoms with E-state index in [1.165, 1.54) is 44.9 Å². The predicted molar refractivity (Wildman–Crippen MR) is 65.0 cm³/mol. The highest BCUT2D eigenvalue weighted by molar-refractivity contribution is 9.09. The van der Waals surface area contributed by atoms with Crippen molar-refractivity contribution in [1.29, 1.82) is 0 Å². The van der Waals surface area contributed by atoms with E-state index in [1.54, 1.807) is 0 Å². The summed E-state index contributed by atoms with van der Waals surface area (Å²) in [5.41, 5.74) is 0.464. The Morgan fingerprint density at radius 1 is 1.29 bits per heavy atom. The van der Waals surface area contributed by atoms with E-state index in [1.807, 2.05) is 0 Å². The lowest BCUT2D eigenvalue weighted by molar-refractivity contribution is 0.000229. The monoisotopic (exact) mass is 262 g/mol. The summed E-state index contributed by atoms with van der Waals surface area (Å²) < 4.78 is 5.60. The maximum Gasteiger partial charge on any atom is 0.0530 e. The third-order valence-corrected chi connectivity index (χ3v) is 4.44. The molecule has 1 unspecified atom stereocenters. The van der Waals surface area contributed by atoms with Crippen molar-refractivity contribution in [3.8, 4) is 0 Å². The zero-order valence-corrected chi connectivity index (χ0v) is 10.9. The average Bonchev–Trinajstić information content (AvgIpc) is 2.26. The maximum absolute atomic E-state index is 5.60. The molecule has 84 valence electrons. The van der Waals surface area contributed by atoms with Gasteiger partial charge in [0.25, 0.3) is 0 Å². The van der Waals surface area contributed by atoms with Crippen molar-refractivity contribution in [1.82, 2.24) is 0 Å². The summed E-state index contributed by atoms with van der Waals surface area (Å²) in [7, 11) is 0. The molecule has 0 bridgehead atoms. The van der Waals surface area contributed by atoms with Gasteiger partial charge in [-0.25, -0.2) is 0 Å². The standard InChI is InChI=1S/C12H23BrO/c1-2-3-4-5-7-12(10-13)8-6-9-14-11-12/h2-11H2,1H3. The summed E-state index contributed by atoms with van der Waals surface area (Å²) in [6, 6.07) is 0. The quantitative estimate of drug-likeness (QED) is 0.516. The molecular weight excluding hydrogens is 240 g/mol. The van der Waals surface area contributed by atoms with Gasteiger partial charge in [0.15, 0.2) is 0 Å². The van der Waals surface area contributed by atoms with E-state index in [0.29, 0.717) is 5.41 Å². The van der Waals surface area contributed by atoms with E-state index in [0.717, 1.165) is 18.5 Å². The molecule has 1 aliphatic rings. The third kappa shape index (κ3) is 3.90. The van der Waals surface area contributed by atoms with Crippen LogP contribution in [0.5, 0.6) is 0 Å².